The number of piperidine rings is 1. The van der Waals surface area contributed by atoms with E-state index < -0.39 is 10.0 Å². The zero-order valence-corrected chi connectivity index (χ0v) is 19.4. The van der Waals surface area contributed by atoms with Gasteiger partial charge in [0, 0.05) is 31.2 Å². The van der Waals surface area contributed by atoms with Gasteiger partial charge in [0.15, 0.2) is 5.78 Å². The van der Waals surface area contributed by atoms with Crippen molar-refractivity contribution in [3.63, 3.8) is 0 Å². The van der Waals surface area contributed by atoms with Crippen LogP contribution in [0.4, 0.5) is 0 Å². The highest BCUT2D eigenvalue weighted by atomic mass is 32.2. The molecular formula is C25H33N3O3S. The number of carbonyl (C=O) groups excluding carboxylic acids is 1. The summed E-state index contributed by atoms with van der Waals surface area (Å²) in [6.07, 6.45) is 5.32. The van der Waals surface area contributed by atoms with Crippen molar-refractivity contribution in [1.29, 1.82) is 0 Å². The van der Waals surface area contributed by atoms with Gasteiger partial charge in [-0.2, -0.15) is 4.31 Å². The second kappa shape index (κ2) is 10.7. The van der Waals surface area contributed by atoms with Gasteiger partial charge in [-0.25, -0.2) is 8.42 Å². The van der Waals surface area contributed by atoms with E-state index in [0.29, 0.717) is 25.2 Å². The van der Waals surface area contributed by atoms with Gasteiger partial charge >= 0.3 is 0 Å². The third-order valence-corrected chi connectivity index (χ3v) is 8.43. The Bertz CT molecular complexity index is 981. The first-order chi connectivity index (χ1) is 15.6. The predicted molar refractivity (Wildman–Crippen MR) is 126 cm³/mol. The van der Waals surface area contributed by atoms with E-state index in [1.807, 2.05) is 6.07 Å². The number of rotatable bonds is 9. The lowest BCUT2D eigenvalue weighted by Crippen LogP contribution is -2.36. The fraction of sp³-hybridized carbons (Fsp3) is 0.480. The van der Waals surface area contributed by atoms with Gasteiger partial charge in [0.2, 0.25) is 10.0 Å². The standard InChI is InChI=1S/C25H33N3O3S/c29-25(20-26-19-24(27-15-7-8-16-27)21-9-3-1-4-10-21)22-11-13-23(14-12-22)32(30,31)28-17-5-2-6-18-28/h1,3-4,9-14,24,26H,2,5-8,15-20H2. The summed E-state index contributed by atoms with van der Waals surface area (Å²) in [5, 5.41) is 3.34. The molecule has 2 aliphatic heterocycles. The van der Waals surface area contributed by atoms with E-state index in [0.717, 1.165) is 32.4 Å². The number of likely N-dealkylation sites (tertiary alicyclic amines) is 1. The second-order valence-corrected chi connectivity index (χ2v) is 10.7. The molecule has 0 spiro atoms. The van der Waals surface area contributed by atoms with Gasteiger partial charge in [0.1, 0.15) is 0 Å². The van der Waals surface area contributed by atoms with E-state index in [1.165, 1.54) is 18.4 Å². The molecule has 2 fully saturated rings. The number of Topliss-reactive ketones (excluding diaryl/α,β-unsaturated/α-hetero) is 1. The van der Waals surface area contributed by atoms with Gasteiger partial charge in [0.25, 0.3) is 0 Å². The third kappa shape index (κ3) is 5.46. The Hall–Kier alpha value is -2.06. The fourth-order valence-electron chi connectivity index (χ4n) is 4.68. The van der Waals surface area contributed by atoms with Gasteiger partial charge in [-0.3, -0.25) is 9.69 Å². The zero-order chi connectivity index (χ0) is 22.4. The first-order valence-corrected chi connectivity index (χ1v) is 13.1. The minimum atomic E-state index is -3.47. The van der Waals surface area contributed by atoms with Crippen LogP contribution in [-0.2, 0) is 10.0 Å². The molecular weight excluding hydrogens is 422 g/mol. The van der Waals surface area contributed by atoms with Crippen molar-refractivity contribution in [3.8, 4) is 0 Å². The molecule has 1 N–H and O–H groups in total. The molecule has 172 valence electrons. The molecule has 2 aromatic carbocycles. The van der Waals surface area contributed by atoms with Crippen LogP contribution in [-0.4, -0.2) is 62.7 Å². The minimum absolute atomic E-state index is 0.0276. The highest BCUT2D eigenvalue weighted by Gasteiger charge is 2.26. The summed E-state index contributed by atoms with van der Waals surface area (Å²) in [7, 11) is -3.47. The first kappa shape index (κ1) is 23.1. The van der Waals surface area contributed by atoms with Crippen molar-refractivity contribution < 1.29 is 13.2 Å². The smallest absolute Gasteiger partial charge is 0.243 e. The van der Waals surface area contributed by atoms with Gasteiger partial charge in [0.05, 0.1) is 11.4 Å². The minimum Gasteiger partial charge on any atom is -0.308 e. The Morgan fingerprint density at radius 3 is 2.12 bits per heavy atom. The number of hydrogen-bond donors (Lipinski definition) is 1. The monoisotopic (exact) mass is 455 g/mol. The molecule has 1 unspecified atom stereocenters. The predicted octanol–water partition coefficient (Wildman–Crippen LogP) is 3.47. The summed E-state index contributed by atoms with van der Waals surface area (Å²) < 4.78 is 27.2. The summed E-state index contributed by atoms with van der Waals surface area (Å²) in [5.74, 6) is -0.0276. The van der Waals surface area contributed by atoms with Gasteiger partial charge in [-0.05, 0) is 56.5 Å². The van der Waals surface area contributed by atoms with Crippen LogP contribution in [0.25, 0.3) is 0 Å². The first-order valence-electron chi connectivity index (χ1n) is 11.7. The highest BCUT2D eigenvalue weighted by molar-refractivity contribution is 7.89. The molecule has 4 rings (SSSR count). The maximum Gasteiger partial charge on any atom is 0.243 e. The fourth-order valence-corrected chi connectivity index (χ4v) is 6.19. The molecule has 0 aliphatic carbocycles. The molecule has 32 heavy (non-hydrogen) atoms. The topological polar surface area (TPSA) is 69.7 Å². The van der Waals surface area contributed by atoms with E-state index in [1.54, 1.807) is 28.6 Å². The van der Waals surface area contributed by atoms with Crippen molar-refractivity contribution in [2.24, 2.45) is 0 Å². The second-order valence-electron chi connectivity index (χ2n) is 8.71. The molecule has 6 nitrogen and oxygen atoms in total. The van der Waals surface area contributed by atoms with Crippen LogP contribution in [0.1, 0.15) is 54.1 Å². The Kier molecular flexibility index (Phi) is 7.73. The maximum atomic E-state index is 12.8. The van der Waals surface area contributed by atoms with Crippen LogP contribution >= 0.6 is 0 Å². The number of hydrogen-bond acceptors (Lipinski definition) is 5. The number of nitrogens with zero attached hydrogens (tertiary/aromatic N) is 2. The lowest BCUT2D eigenvalue weighted by molar-refractivity contribution is 0.0987. The summed E-state index contributed by atoms with van der Waals surface area (Å²) in [5.41, 5.74) is 1.80. The van der Waals surface area contributed by atoms with E-state index in [2.05, 4.69) is 34.5 Å². The quantitative estimate of drug-likeness (QED) is 0.587. The van der Waals surface area contributed by atoms with Crippen molar-refractivity contribution in [1.82, 2.24) is 14.5 Å². The number of ketones is 1. The third-order valence-electron chi connectivity index (χ3n) is 6.52. The van der Waals surface area contributed by atoms with Crippen LogP contribution in [0.2, 0.25) is 0 Å². The molecule has 0 aromatic heterocycles. The Balaban J connectivity index is 1.35. The van der Waals surface area contributed by atoms with Gasteiger partial charge < -0.3 is 5.32 Å². The molecule has 1 atom stereocenters. The van der Waals surface area contributed by atoms with E-state index in [4.69, 9.17) is 0 Å². The summed E-state index contributed by atoms with van der Waals surface area (Å²) in [6.45, 7) is 4.26. The highest BCUT2D eigenvalue weighted by Crippen LogP contribution is 2.24. The van der Waals surface area contributed by atoms with Crippen molar-refractivity contribution in [2.45, 2.75) is 43.0 Å². The molecule has 2 aromatic rings. The number of benzene rings is 2. The SMILES string of the molecule is O=C(CNCC(c1ccccc1)N1CCCC1)c1ccc(S(=O)(=O)N2CCCCC2)cc1. The van der Waals surface area contributed by atoms with Gasteiger partial charge in [-0.15, -0.1) is 0 Å². The Morgan fingerprint density at radius 2 is 1.47 bits per heavy atom. The zero-order valence-electron chi connectivity index (χ0n) is 18.6. The van der Waals surface area contributed by atoms with Crippen LogP contribution < -0.4 is 5.32 Å². The average Bonchev–Trinajstić information content (AvgIpc) is 3.37. The van der Waals surface area contributed by atoms with Crippen LogP contribution in [0.5, 0.6) is 0 Å². The molecule has 2 aliphatic rings. The summed E-state index contributed by atoms with van der Waals surface area (Å²) in [6, 6.07) is 17.1. The van der Waals surface area contributed by atoms with E-state index in [-0.39, 0.29) is 23.3 Å². The lowest BCUT2D eigenvalue weighted by Gasteiger charge is -2.28. The van der Waals surface area contributed by atoms with Crippen LogP contribution in [0.3, 0.4) is 0 Å². The van der Waals surface area contributed by atoms with E-state index >= 15 is 0 Å². The summed E-state index contributed by atoms with van der Waals surface area (Å²) >= 11 is 0. The molecule has 0 amide bonds. The Labute approximate surface area is 191 Å². The van der Waals surface area contributed by atoms with Crippen LogP contribution in [0, 0.1) is 0 Å². The average molecular weight is 456 g/mol. The lowest BCUT2D eigenvalue weighted by atomic mass is 10.1. The van der Waals surface area contributed by atoms with Gasteiger partial charge in [-0.1, -0.05) is 48.9 Å². The number of carbonyl (C=O) groups is 1. The van der Waals surface area contributed by atoms with Crippen LogP contribution in [0.15, 0.2) is 59.5 Å². The summed E-state index contributed by atoms with van der Waals surface area (Å²) in [4.78, 5) is 15.5. The number of sulfonamides is 1. The van der Waals surface area contributed by atoms with E-state index in [9.17, 15) is 13.2 Å². The molecule has 0 bridgehead atoms. The molecule has 7 heteroatoms. The molecule has 0 radical (unpaired) electrons. The number of nitrogens with one attached hydrogen (secondary N) is 1. The van der Waals surface area contributed by atoms with Crippen molar-refractivity contribution in [3.05, 3.63) is 65.7 Å². The molecule has 2 heterocycles. The van der Waals surface area contributed by atoms with Crippen molar-refractivity contribution >= 4 is 15.8 Å². The largest absolute Gasteiger partial charge is 0.308 e. The van der Waals surface area contributed by atoms with Crippen molar-refractivity contribution in [2.75, 3.05) is 39.3 Å². The maximum absolute atomic E-state index is 12.8. The molecule has 2 saturated heterocycles. The molecule has 0 saturated carbocycles. The normalized spacial score (nSPS) is 19.1. The Morgan fingerprint density at radius 1 is 0.844 bits per heavy atom.